The molecule has 0 aromatic heterocycles. The third-order valence-corrected chi connectivity index (χ3v) is 4.02. The maximum absolute atomic E-state index is 12.2. The summed E-state index contributed by atoms with van der Waals surface area (Å²) in [4.78, 5) is 14.4. The molecule has 2 aromatic rings. The lowest BCUT2D eigenvalue weighted by atomic mass is 10.1. The van der Waals surface area contributed by atoms with Crippen LogP contribution in [0.2, 0.25) is 0 Å². The molecule has 0 bridgehead atoms. The molecule has 0 aliphatic carbocycles. The van der Waals surface area contributed by atoms with Crippen LogP contribution in [0.1, 0.15) is 42.3 Å². The smallest absolute Gasteiger partial charge is 0.271 e. The van der Waals surface area contributed by atoms with Crippen LogP contribution in [0, 0.1) is 11.3 Å². The lowest BCUT2D eigenvalue weighted by Crippen LogP contribution is -2.22. The summed E-state index contributed by atoms with van der Waals surface area (Å²) < 4.78 is 0. The van der Waals surface area contributed by atoms with Crippen LogP contribution in [0.15, 0.2) is 53.6 Å². The van der Waals surface area contributed by atoms with Crippen molar-refractivity contribution in [2.75, 3.05) is 18.0 Å². The highest BCUT2D eigenvalue weighted by molar-refractivity contribution is 6.01. The number of carbonyl (C=O) groups is 1. The first-order chi connectivity index (χ1) is 12.1. The topological polar surface area (TPSA) is 68.5 Å². The van der Waals surface area contributed by atoms with Gasteiger partial charge in [-0.3, -0.25) is 4.79 Å². The summed E-state index contributed by atoms with van der Waals surface area (Å²) in [6.07, 6.45) is 0. The maximum Gasteiger partial charge on any atom is 0.271 e. The number of benzene rings is 2. The van der Waals surface area contributed by atoms with E-state index in [1.54, 1.807) is 24.3 Å². The van der Waals surface area contributed by atoms with Gasteiger partial charge in [0.25, 0.3) is 5.91 Å². The Balaban J connectivity index is 2.04. The molecule has 0 fully saturated rings. The van der Waals surface area contributed by atoms with Gasteiger partial charge < -0.3 is 4.90 Å². The lowest BCUT2D eigenvalue weighted by Gasteiger charge is -2.20. The molecular weight excluding hydrogens is 312 g/mol. The van der Waals surface area contributed by atoms with Crippen molar-refractivity contribution < 1.29 is 4.79 Å². The van der Waals surface area contributed by atoms with Crippen molar-refractivity contribution in [1.82, 2.24) is 5.43 Å². The van der Waals surface area contributed by atoms with E-state index in [0.717, 1.165) is 24.3 Å². The molecule has 0 spiro atoms. The Labute approximate surface area is 148 Å². The standard InChI is InChI=1S/C20H22N4O/c1-4-24(5-2)19-12-10-18(11-13-19)20(25)23-22-15(3)17-8-6-16(14-21)7-9-17/h6-13H,4-5H2,1-3H3,(H,23,25)/b22-15-. The van der Waals surface area contributed by atoms with Gasteiger partial charge in [-0.2, -0.15) is 10.4 Å². The Hall–Kier alpha value is -3.13. The van der Waals surface area contributed by atoms with Crippen molar-refractivity contribution >= 4 is 17.3 Å². The molecular formula is C20H22N4O. The van der Waals surface area contributed by atoms with Crippen molar-refractivity contribution in [3.05, 3.63) is 65.2 Å². The molecule has 0 saturated heterocycles. The molecule has 128 valence electrons. The molecule has 25 heavy (non-hydrogen) atoms. The van der Waals surface area contributed by atoms with Gasteiger partial charge >= 0.3 is 0 Å². The lowest BCUT2D eigenvalue weighted by molar-refractivity contribution is 0.0955. The summed E-state index contributed by atoms with van der Waals surface area (Å²) in [6.45, 7) is 7.87. The molecule has 0 heterocycles. The first-order valence-corrected chi connectivity index (χ1v) is 8.29. The molecule has 0 unspecified atom stereocenters. The van der Waals surface area contributed by atoms with Gasteiger partial charge in [-0.15, -0.1) is 0 Å². The minimum atomic E-state index is -0.251. The summed E-state index contributed by atoms with van der Waals surface area (Å²) in [5.74, 6) is -0.251. The minimum Gasteiger partial charge on any atom is -0.372 e. The molecule has 1 amide bonds. The van der Waals surface area contributed by atoms with Crippen LogP contribution in [-0.4, -0.2) is 24.7 Å². The van der Waals surface area contributed by atoms with Crippen LogP contribution in [0.3, 0.4) is 0 Å². The van der Waals surface area contributed by atoms with Crippen LogP contribution < -0.4 is 10.3 Å². The van der Waals surface area contributed by atoms with E-state index in [1.807, 2.05) is 31.2 Å². The molecule has 5 heteroatoms. The second kappa shape index (κ2) is 8.65. The molecule has 0 atom stereocenters. The third kappa shape index (κ3) is 4.67. The molecule has 5 nitrogen and oxygen atoms in total. The first-order valence-electron chi connectivity index (χ1n) is 8.29. The average molecular weight is 334 g/mol. The van der Waals surface area contributed by atoms with E-state index >= 15 is 0 Å². The van der Waals surface area contributed by atoms with Gasteiger partial charge in [0.05, 0.1) is 17.3 Å². The predicted molar refractivity (Wildman–Crippen MR) is 101 cm³/mol. The third-order valence-electron chi connectivity index (χ3n) is 4.02. The summed E-state index contributed by atoms with van der Waals surface area (Å²) in [6, 6.07) is 16.6. The molecule has 2 rings (SSSR count). The first kappa shape index (κ1) is 18.2. The quantitative estimate of drug-likeness (QED) is 0.649. The highest BCUT2D eigenvalue weighted by Crippen LogP contribution is 2.15. The Morgan fingerprint density at radius 3 is 2.12 bits per heavy atom. The van der Waals surface area contributed by atoms with E-state index in [2.05, 4.69) is 35.3 Å². The number of rotatable bonds is 6. The number of nitrogens with one attached hydrogen (secondary N) is 1. The summed E-state index contributed by atoms with van der Waals surface area (Å²) >= 11 is 0. The van der Waals surface area contributed by atoms with E-state index in [0.29, 0.717) is 16.8 Å². The Morgan fingerprint density at radius 1 is 1.04 bits per heavy atom. The van der Waals surface area contributed by atoms with Crippen LogP contribution >= 0.6 is 0 Å². The van der Waals surface area contributed by atoms with E-state index in [9.17, 15) is 4.79 Å². The van der Waals surface area contributed by atoms with Crippen LogP contribution in [0.25, 0.3) is 0 Å². The Kier molecular flexibility index (Phi) is 6.30. The van der Waals surface area contributed by atoms with Crippen molar-refractivity contribution in [2.45, 2.75) is 20.8 Å². The van der Waals surface area contributed by atoms with Crippen LogP contribution in [0.4, 0.5) is 5.69 Å². The zero-order valence-electron chi connectivity index (χ0n) is 14.8. The maximum atomic E-state index is 12.2. The number of nitrogens with zero attached hydrogens (tertiary/aromatic N) is 3. The predicted octanol–water partition coefficient (Wildman–Crippen LogP) is 3.56. The van der Waals surface area contributed by atoms with Gasteiger partial charge in [-0.25, -0.2) is 5.43 Å². The summed E-state index contributed by atoms with van der Waals surface area (Å²) in [5.41, 5.74) is 6.36. The number of nitriles is 1. The Morgan fingerprint density at radius 2 is 1.60 bits per heavy atom. The van der Waals surface area contributed by atoms with Crippen molar-refractivity contribution in [2.24, 2.45) is 5.10 Å². The monoisotopic (exact) mass is 334 g/mol. The van der Waals surface area contributed by atoms with Crippen LogP contribution in [-0.2, 0) is 0 Å². The number of hydrogen-bond donors (Lipinski definition) is 1. The highest BCUT2D eigenvalue weighted by atomic mass is 16.2. The Bertz CT molecular complexity index is 782. The van der Waals surface area contributed by atoms with E-state index in [-0.39, 0.29) is 5.91 Å². The van der Waals surface area contributed by atoms with Gasteiger partial charge in [0.2, 0.25) is 0 Å². The highest BCUT2D eigenvalue weighted by Gasteiger charge is 2.07. The van der Waals surface area contributed by atoms with Crippen molar-refractivity contribution in [3.8, 4) is 6.07 Å². The van der Waals surface area contributed by atoms with E-state index < -0.39 is 0 Å². The van der Waals surface area contributed by atoms with Gasteiger partial charge in [0.1, 0.15) is 0 Å². The van der Waals surface area contributed by atoms with Crippen molar-refractivity contribution in [1.29, 1.82) is 5.26 Å². The number of amides is 1. The van der Waals surface area contributed by atoms with Crippen molar-refractivity contribution in [3.63, 3.8) is 0 Å². The van der Waals surface area contributed by atoms with Gasteiger partial charge in [-0.1, -0.05) is 12.1 Å². The molecule has 0 saturated carbocycles. The zero-order valence-corrected chi connectivity index (χ0v) is 14.8. The zero-order chi connectivity index (χ0) is 18.2. The normalized spacial score (nSPS) is 10.9. The fourth-order valence-corrected chi connectivity index (χ4v) is 2.46. The number of hydrogen-bond acceptors (Lipinski definition) is 4. The summed E-state index contributed by atoms with van der Waals surface area (Å²) in [7, 11) is 0. The molecule has 0 aliphatic rings. The molecule has 2 aromatic carbocycles. The fraction of sp³-hybridized carbons (Fsp3) is 0.250. The van der Waals surface area contributed by atoms with E-state index in [4.69, 9.17) is 5.26 Å². The van der Waals surface area contributed by atoms with Crippen LogP contribution in [0.5, 0.6) is 0 Å². The van der Waals surface area contributed by atoms with Gasteiger partial charge in [0.15, 0.2) is 0 Å². The van der Waals surface area contributed by atoms with Gasteiger partial charge in [0, 0.05) is 24.3 Å². The molecule has 0 radical (unpaired) electrons. The SMILES string of the molecule is CCN(CC)c1ccc(C(=O)N/N=C(/C)c2ccc(C#N)cc2)cc1. The number of anilines is 1. The average Bonchev–Trinajstić information content (AvgIpc) is 2.67. The molecule has 1 N–H and O–H groups in total. The molecule has 0 aliphatic heterocycles. The largest absolute Gasteiger partial charge is 0.372 e. The number of hydrazone groups is 1. The second-order valence-electron chi connectivity index (χ2n) is 5.55. The van der Waals surface area contributed by atoms with Gasteiger partial charge in [-0.05, 0) is 62.7 Å². The van der Waals surface area contributed by atoms with E-state index in [1.165, 1.54) is 0 Å². The summed E-state index contributed by atoms with van der Waals surface area (Å²) in [5, 5.41) is 13.0. The number of carbonyl (C=O) groups excluding carboxylic acids is 1. The fourth-order valence-electron chi connectivity index (χ4n) is 2.46. The second-order valence-corrected chi connectivity index (χ2v) is 5.55. The minimum absolute atomic E-state index is 0.251.